The van der Waals surface area contributed by atoms with E-state index in [-0.39, 0.29) is 11.9 Å². The van der Waals surface area contributed by atoms with Gasteiger partial charge in [0, 0.05) is 37.1 Å². The van der Waals surface area contributed by atoms with Crippen LogP contribution in [0.1, 0.15) is 23.6 Å². The lowest BCUT2D eigenvalue weighted by atomic mass is 10.0. The maximum Gasteiger partial charge on any atom is 0.248 e. The molecule has 0 spiro atoms. The molecule has 2 aromatic heterocycles. The SMILES string of the molecule is COc1ccc(C(c2cnccn2)N2C=CC(=O)NC2n2cccn2)cc1. The monoisotopic (exact) mass is 362 g/mol. The normalized spacial score (nSPS) is 17.4. The Morgan fingerprint density at radius 1 is 1.19 bits per heavy atom. The fourth-order valence-electron chi connectivity index (χ4n) is 3.07. The van der Waals surface area contributed by atoms with E-state index in [0.29, 0.717) is 0 Å². The average Bonchev–Trinajstić information content (AvgIpc) is 3.25. The van der Waals surface area contributed by atoms with Gasteiger partial charge in [-0.15, -0.1) is 0 Å². The highest BCUT2D eigenvalue weighted by Gasteiger charge is 2.32. The molecule has 1 N–H and O–H groups in total. The van der Waals surface area contributed by atoms with E-state index in [9.17, 15) is 4.79 Å². The Hall–Kier alpha value is -3.68. The van der Waals surface area contributed by atoms with Crippen LogP contribution in [0.4, 0.5) is 0 Å². The third-order valence-corrected chi connectivity index (χ3v) is 4.32. The summed E-state index contributed by atoms with van der Waals surface area (Å²) in [5.41, 5.74) is 1.73. The Bertz CT molecular complexity index is 925. The van der Waals surface area contributed by atoms with Crippen LogP contribution in [0.3, 0.4) is 0 Å². The van der Waals surface area contributed by atoms with Crippen molar-refractivity contribution in [3.63, 3.8) is 0 Å². The highest BCUT2D eigenvalue weighted by molar-refractivity contribution is 5.88. The maximum atomic E-state index is 12.0. The number of carbonyl (C=O) groups is 1. The van der Waals surface area contributed by atoms with Crippen molar-refractivity contribution >= 4 is 5.91 Å². The molecule has 1 aliphatic heterocycles. The quantitative estimate of drug-likeness (QED) is 0.746. The van der Waals surface area contributed by atoms with Crippen molar-refractivity contribution in [1.82, 2.24) is 30.0 Å². The number of hydrogen-bond donors (Lipinski definition) is 1. The lowest BCUT2D eigenvalue weighted by Gasteiger charge is -2.39. The number of nitrogens with zero attached hydrogens (tertiary/aromatic N) is 5. The minimum absolute atomic E-state index is 0.181. The molecule has 8 heteroatoms. The first-order valence-electron chi connectivity index (χ1n) is 8.41. The van der Waals surface area contributed by atoms with Crippen LogP contribution in [-0.2, 0) is 4.79 Å². The lowest BCUT2D eigenvalue weighted by molar-refractivity contribution is -0.121. The second-order valence-electron chi connectivity index (χ2n) is 5.94. The molecule has 2 atom stereocenters. The topological polar surface area (TPSA) is 85.2 Å². The molecule has 3 heterocycles. The molecule has 0 saturated carbocycles. The summed E-state index contributed by atoms with van der Waals surface area (Å²) in [6, 6.07) is 9.27. The lowest BCUT2D eigenvalue weighted by Crippen LogP contribution is -2.47. The van der Waals surface area contributed by atoms with Gasteiger partial charge in [-0.25, -0.2) is 4.68 Å². The molecule has 4 rings (SSSR count). The smallest absolute Gasteiger partial charge is 0.248 e. The van der Waals surface area contributed by atoms with Crippen LogP contribution in [0.25, 0.3) is 0 Å². The van der Waals surface area contributed by atoms with Gasteiger partial charge in [-0.3, -0.25) is 14.8 Å². The predicted molar refractivity (Wildman–Crippen MR) is 97.3 cm³/mol. The van der Waals surface area contributed by atoms with Gasteiger partial charge < -0.3 is 15.0 Å². The zero-order chi connectivity index (χ0) is 18.6. The van der Waals surface area contributed by atoms with E-state index in [2.05, 4.69) is 20.4 Å². The van der Waals surface area contributed by atoms with E-state index in [1.807, 2.05) is 35.2 Å². The van der Waals surface area contributed by atoms with Gasteiger partial charge in [0.15, 0.2) is 0 Å². The van der Waals surface area contributed by atoms with Crippen LogP contribution in [0.5, 0.6) is 5.75 Å². The summed E-state index contributed by atoms with van der Waals surface area (Å²) in [6.07, 6.45) is 11.2. The number of rotatable bonds is 5. The molecular formula is C19H18N6O2. The maximum absolute atomic E-state index is 12.0. The van der Waals surface area contributed by atoms with Crippen LogP contribution >= 0.6 is 0 Å². The first-order chi connectivity index (χ1) is 13.3. The number of amides is 1. The number of aromatic nitrogens is 4. The number of benzene rings is 1. The molecule has 0 bridgehead atoms. The van der Waals surface area contributed by atoms with Crippen molar-refractivity contribution in [2.75, 3.05) is 7.11 Å². The van der Waals surface area contributed by atoms with E-state index in [1.54, 1.807) is 49.0 Å². The van der Waals surface area contributed by atoms with Crippen LogP contribution in [0, 0.1) is 0 Å². The van der Waals surface area contributed by atoms with Crippen molar-refractivity contribution in [2.45, 2.75) is 12.3 Å². The van der Waals surface area contributed by atoms with Crippen molar-refractivity contribution in [1.29, 1.82) is 0 Å². The second kappa shape index (κ2) is 7.28. The van der Waals surface area contributed by atoms with Gasteiger partial charge in [-0.1, -0.05) is 12.1 Å². The van der Waals surface area contributed by atoms with Gasteiger partial charge in [0.05, 0.1) is 19.0 Å². The molecule has 1 aliphatic rings. The van der Waals surface area contributed by atoms with Crippen molar-refractivity contribution in [3.8, 4) is 5.75 Å². The number of ether oxygens (including phenoxy) is 1. The fraction of sp³-hybridized carbons (Fsp3) is 0.158. The van der Waals surface area contributed by atoms with E-state index >= 15 is 0 Å². The van der Waals surface area contributed by atoms with Crippen molar-refractivity contribution < 1.29 is 9.53 Å². The zero-order valence-electron chi connectivity index (χ0n) is 14.6. The van der Waals surface area contributed by atoms with Gasteiger partial charge in [0.25, 0.3) is 0 Å². The Kier molecular flexibility index (Phi) is 4.52. The Morgan fingerprint density at radius 2 is 2.04 bits per heavy atom. The third-order valence-electron chi connectivity index (χ3n) is 4.32. The predicted octanol–water partition coefficient (Wildman–Crippen LogP) is 1.87. The Balaban J connectivity index is 1.81. The van der Waals surface area contributed by atoms with Crippen LogP contribution in [0.2, 0.25) is 0 Å². The summed E-state index contributed by atoms with van der Waals surface area (Å²) in [7, 11) is 1.63. The van der Waals surface area contributed by atoms with Crippen LogP contribution in [-0.4, -0.2) is 37.7 Å². The number of carbonyl (C=O) groups excluding carboxylic acids is 1. The fourth-order valence-corrected chi connectivity index (χ4v) is 3.07. The third kappa shape index (κ3) is 3.37. The molecule has 3 aromatic rings. The minimum Gasteiger partial charge on any atom is -0.497 e. The molecule has 0 saturated heterocycles. The summed E-state index contributed by atoms with van der Waals surface area (Å²) in [4.78, 5) is 22.7. The van der Waals surface area contributed by atoms with Gasteiger partial charge in [-0.2, -0.15) is 5.10 Å². The number of methoxy groups -OCH3 is 1. The van der Waals surface area contributed by atoms with Gasteiger partial charge in [-0.05, 0) is 23.8 Å². The van der Waals surface area contributed by atoms with E-state index < -0.39 is 6.29 Å². The Morgan fingerprint density at radius 3 is 2.70 bits per heavy atom. The molecule has 27 heavy (non-hydrogen) atoms. The van der Waals surface area contributed by atoms with E-state index in [0.717, 1.165) is 17.0 Å². The first-order valence-corrected chi connectivity index (χ1v) is 8.41. The second-order valence-corrected chi connectivity index (χ2v) is 5.94. The number of hydrogen-bond acceptors (Lipinski definition) is 6. The summed E-state index contributed by atoms with van der Waals surface area (Å²) >= 11 is 0. The molecule has 0 aliphatic carbocycles. The molecule has 136 valence electrons. The first kappa shape index (κ1) is 16.8. The highest BCUT2D eigenvalue weighted by atomic mass is 16.5. The molecule has 0 radical (unpaired) electrons. The average molecular weight is 362 g/mol. The highest BCUT2D eigenvalue weighted by Crippen LogP contribution is 2.33. The molecule has 0 fully saturated rings. The van der Waals surface area contributed by atoms with E-state index in [1.165, 1.54) is 6.08 Å². The van der Waals surface area contributed by atoms with Crippen molar-refractivity contribution in [3.05, 3.63) is 84.8 Å². The Labute approximate surface area is 156 Å². The van der Waals surface area contributed by atoms with Gasteiger partial charge >= 0.3 is 0 Å². The number of nitrogens with one attached hydrogen (secondary N) is 1. The zero-order valence-corrected chi connectivity index (χ0v) is 14.6. The van der Waals surface area contributed by atoms with Gasteiger partial charge in [0.2, 0.25) is 12.2 Å². The molecule has 8 nitrogen and oxygen atoms in total. The standard InChI is InChI=1S/C19H18N6O2/c1-27-15-5-3-14(4-6-15)18(16-13-20-9-10-21-16)24-12-7-17(26)23-19(24)25-11-2-8-22-25/h2-13,18-19H,1H3,(H,23,26). The van der Waals surface area contributed by atoms with Crippen molar-refractivity contribution in [2.24, 2.45) is 0 Å². The summed E-state index contributed by atoms with van der Waals surface area (Å²) in [5.74, 6) is 0.585. The molecule has 1 amide bonds. The molecule has 1 aromatic carbocycles. The summed E-state index contributed by atoms with van der Waals surface area (Å²) in [5, 5.41) is 7.23. The van der Waals surface area contributed by atoms with Gasteiger partial charge in [0.1, 0.15) is 11.8 Å². The summed E-state index contributed by atoms with van der Waals surface area (Å²) in [6.45, 7) is 0. The summed E-state index contributed by atoms with van der Waals surface area (Å²) < 4.78 is 6.96. The van der Waals surface area contributed by atoms with Crippen LogP contribution in [0.15, 0.2) is 73.6 Å². The molecular weight excluding hydrogens is 344 g/mol. The van der Waals surface area contributed by atoms with E-state index in [4.69, 9.17) is 4.74 Å². The minimum atomic E-state index is -0.494. The largest absolute Gasteiger partial charge is 0.497 e. The van der Waals surface area contributed by atoms with Crippen LogP contribution < -0.4 is 10.1 Å². The molecule has 2 unspecified atom stereocenters.